The number of benzene rings is 1. The Bertz CT molecular complexity index is 465. The van der Waals surface area contributed by atoms with Crippen LogP contribution in [0.25, 0.3) is 0 Å². The fourth-order valence-corrected chi connectivity index (χ4v) is 1.83. The van der Waals surface area contributed by atoms with Crippen LogP contribution in [0.5, 0.6) is 0 Å². The highest BCUT2D eigenvalue weighted by Gasteiger charge is 2.26. The van der Waals surface area contributed by atoms with Gasteiger partial charge in [0, 0.05) is 6.54 Å². The van der Waals surface area contributed by atoms with Gasteiger partial charge in [-0.2, -0.15) is 5.06 Å². The van der Waals surface area contributed by atoms with E-state index in [1.807, 2.05) is 30.3 Å². The molecule has 1 aliphatic rings. The van der Waals surface area contributed by atoms with Crippen LogP contribution >= 0.6 is 0 Å². The van der Waals surface area contributed by atoms with Crippen molar-refractivity contribution in [3.8, 4) is 0 Å². The number of hydrogen-bond acceptors (Lipinski definition) is 6. The van der Waals surface area contributed by atoms with Crippen molar-refractivity contribution in [1.29, 1.82) is 0 Å². The van der Waals surface area contributed by atoms with E-state index in [9.17, 15) is 9.59 Å². The van der Waals surface area contributed by atoms with Gasteiger partial charge in [-0.15, -0.1) is 5.48 Å². The molecule has 0 aliphatic carbocycles. The predicted octanol–water partition coefficient (Wildman–Crippen LogP) is -0.0227. The van der Waals surface area contributed by atoms with E-state index in [1.165, 1.54) is 5.06 Å². The molecule has 1 aromatic rings. The number of hydroxylamine groups is 3. The zero-order valence-corrected chi connectivity index (χ0v) is 10.8. The van der Waals surface area contributed by atoms with Gasteiger partial charge in [0.25, 0.3) is 0 Å². The highest BCUT2D eigenvalue weighted by Crippen LogP contribution is 2.05. The van der Waals surface area contributed by atoms with Gasteiger partial charge in [0.1, 0.15) is 6.54 Å². The smallest absolute Gasteiger partial charge is 0.329 e. The molecule has 0 spiro atoms. The molecule has 2 rings (SSSR count). The van der Waals surface area contributed by atoms with Crippen LogP contribution in [0.1, 0.15) is 5.56 Å². The number of carboxylic acid groups (broad SMARTS) is 1. The zero-order valence-electron chi connectivity index (χ0n) is 10.8. The lowest BCUT2D eigenvalue weighted by molar-refractivity contribution is -0.156. The van der Waals surface area contributed by atoms with Crippen molar-refractivity contribution in [2.45, 2.75) is 12.5 Å². The number of rotatable bonds is 6. The number of carbonyl (C=O) groups is 2. The van der Waals surface area contributed by atoms with E-state index in [1.54, 1.807) is 0 Å². The Labute approximate surface area is 116 Å². The first-order valence-electron chi connectivity index (χ1n) is 6.22. The highest BCUT2D eigenvalue weighted by atomic mass is 16.7. The van der Waals surface area contributed by atoms with E-state index in [2.05, 4.69) is 5.48 Å². The van der Waals surface area contributed by atoms with Crippen LogP contribution < -0.4 is 5.48 Å². The summed E-state index contributed by atoms with van der Waals surface area (Å²) in [5.41, 5.74) is 3.47. The summed E-state index contributed by atoms with van der Waals surface area (Å²) in [5, 5.41) is 9.93. The molecule has 0 bridgehead atoms. The molecule has 1 unspecified atom stereocenters. The topological polar surface area (TPSA) is 88.1 Å². The standard InChI is InChI=1S/C13H16N2O5/c16-12(17)8-15-7-11(9-19-15)14-20-13(18)6-10-4-2-1-3-5-10/h1-5,11,14H,6-9H2,(H,16,17). The van der Waals surface area contributed by atoms with Gasteiger partial charge in [-0.3, -0.25) is 14.4 Å². The van der Waals surface area contributed by atoms with Crippen molar-refractivity contribution in [3.63, 3.8) is 0 Å². The van der Waals surface area contributed by atoms with E-state index < -0.39 is 11.9 Å². The molecule has 0 radical (unpaired) electrons. The summed E-state index contributed by atoms with van der Waals surface area (Å²) in [6.45, 7) is 0.424. The van der Waals surface area contributed by atoms with E-state index in [4.69, 9.17) is 14.8 Å². The van der Waals surface area contributed by atoms with E-state index >= 15 is 0 Å². The van der Waals surface area contributed by atoms with Crippen LogP contribution in [0.4, 0.5) is 0 Å². The normalized spacial score (nSPS) is 18.9. The SMILES string of the molecule is O=C(O)CN1CC(NOC(=O)Cc2ccccc2)CO1. The van der Waals surface area contributed by atoms with E-state index in [-0.39, 0.29) is 25.6 Å². The summed E-state index contributed by atoms with van der Waals surface area (Å²) in [6.07, 6.45) is 0.181. The van der Waals surface area contributed by atoms with Crippen molar-refractivity contribution in [1.82, 2.24) is 10.5 Å². The van der Waals surface area contributed by atoms with Gasteiger partial charge < -0.3 is 9.94 Å². The van der Waals surface area contributed by atoms with Crippen LogP contribution in [0, 0.1) is 0 Å². The Kier molecular flexibility index (Phi) is 5.05. The molecular weight excluding hydrogens is 264 g/mol. The maximum atomic E-state index is 11.6. The predicted molar refractivity (Wildman–Crippen MR) is 68.3 cm³/mol. The molecule has 20 heavy (non-hydrogen) atoms. The summed E-state index contributed by atoms with van der Waals surface area (Å²) in [7, 11) is 0. The Balaban J connectivity index is 1.68. The summed E-state index contributed by atoms with van der Waals surface area (Å²) in [6, 6.07) is 9.03. The van der Waals surface area contributed by atoms with Gasteiger partial charge in [-0.1, -0.05) is 30.3 Å². The first-order chi connectivity index (χ1) is 9.63. The van der Waals surface area contributed by atoms with Crippen molar-refractivity contribution < 1.29 is 24.4 Å². The van der Waals surface area contributed by atoms with Crippen molar-refractivity contribution >= 4 is 11.9 Å². The third-order valence-electron chi connectivity index (χ3n) is 2.72. The highest BCUT2D eigenvalue weighted by molar-refractivity contribution is 5.72. The molecule has 0 saturated carbocycles. The lowest BCUT2D eigenvalue weighted by Crippen LogP contribution is -2.37. The maximum absolute atomic E-state index is 11.6. The van der Waals surface area contributed by atoms with Gasteiger partial charge in [0.05, 0.1) is 19.1 Å². The molecule has 1 aromatic carbocycles. The molecule has 2 N–H and O–H groups in total. The fraction of sp³-hybridized carbons (Fsp3) is 0.385. The van der Waals surface area contributed by atoms with Gasteiger partial charge in [-0.05, 0) is 5.56 Å². The molecule has 1 saturated heterocycles. The minimum atomic E-state index is -0.966. The average Bonchev–Trinajstić information content (AvgIpc) is 2.84. The van der Waals surface area contributed by atoms with Crippen LogP contribution in [0.3, 0.4) is 0 Å². The second kappa shape index (κ2) is 6.99. The van der Waals surface area contributed by atoms with E-state index in [0.29, 0.717) is 6.54 Å². The molecule has 1 atom stereocenters. The van der Waals surface area contributed by atoms with Gasteiger partial charge in [-0.25, -0.2) is 0 Å². The number of nitrogens with one attached hydrogen (secondary N) is 1. The lowest BCUT2D eigenvalue weighted by Gasteiger charge is -2.11. The van der Waals surface area contributed by atoms with E-state index in [0.717, 1.165) is 5.56 Å². The molecular formula is C13H16N2O5. The molecule has 0 aromatic heterocycles. The third-order valence-corrected chi connectivity index (χ3v) is 2.72. The first-order valence-corrected chi connectivity index (χ1v) is 6.22. The number of carboxylic acids is 1. The van der Waals surface area contributed by atoms with Gasteiger partial charge in [0.15, 0.2) is 0 Å². The number of carbonyl (C=O) groups excluding carboxylic acids is 1. The van der Waals surface area contributed by atoms with Crippen molar-refractivity contribution in [2.24, 2.45) is 0 Å². The molecule has 1 aliphatic heterocycles. The third kappa shape index (κ3) is 4.61. The molecule has 108 valence electrons. The van der Waals surface area contributed by atoms with Crippen LogP contribution in [-0.2, 0) is 25.7 Å². The second-order valence-electron chi connectivity index (χ2n) is 4.46. The largest absolute Gasteiger partial charge is 0.480 e. The maximum Gasteiger partial charge on any atom is 0.329 e. The number of hydrogen-bond donors (Lipinski definition) is 2. The Morgan fingerprint density at radius 2 is 2.15 bits per heavy atom. The molecule has 1 fully saturated rings. The summed E-state index contributed by atoms with van der Waals surface area (Å²) in [4.78, 5) is 32.2. The first kappa shape index (κ1) is 14.4. The average molecular weight is 280 g/mol. The van der Waals surface area contributed by atoms with Gasteiger partial charge in [0.2, 0.25) is 0 Å². The second-order valence-corrected chi connectivity index (χ2v) is 4.46. The molecule has 0 amide bonds. The van der Waals surface area contributed by atoms with Crippen molar-refractivity contribution in [2.75, 3.05) is 19.7 Å². The minimum Gasteiger partial charge on any atom is -0.480 e. The Morgan fingerprint density at radius 1 is 1.40 bits per heavy atom. The summed E-state index contributed by atoms with van der Waals surface area (Å²) < 4.78 is 0. The quantitative estimate of drug-likeness (QED) is 0.708. The molecule has 7 heteroatoms. The minimum absolute atomic E-state index is 0.181. The summed E-state index contributed by atoms with van der Waals surface area (Å²) >= 11 is 0. The Morgan fingerprint density at radius 3 is 2.85 bits per heavy atom. The summed E-state index contributed by atoms with van der Waals surface area (Å²) in [5.74, 6) is -1.36. The Hall–Kier alpha value is -1.96. The zero-order chi connectivity index (χ0) is 14.4. The number of nitrogens with zero attached hydrogens (tertiary/aromatic N) is 1. The number of aliphatic carboxylic acids is 1. The van der Waals surface area contributed by atoms with Crippen LogP contribution in [0.15, 0.2) is 30.3 Å². The van der Waals surface area contributed by atoms with Gasteiger partial charge >= 0.3 is 11.9 Å². The fourth-order valence-electron chi connectivity index (χ4n) is 1.83. The monoisotopic (exact) mass is 280 g/mol. The molecule has 7 nitrogen and oxygen atoms in total. The molecule has 1 heterocycles. The van der Waals surface area contributed by atoms with Crippen molar-refractivity contribution in [3.05, 3.63) is 35.9 Å². The van der Waals surface area contributed by atoms with Crippen LogP contribution in [0.2, 0.25) is 0 Å². The lowest BCUT2D eigenvalue weighted by atomic mass is 10.2. The van der Waals surface area contributed by atoms with Crippen LogP contribution in [-0.4, -0.2) is 47.8 Å².